The summed E-state index contributed by atoms with van der Waals surface area (Å²) < 4.78 is 5.25. The predicted octanol–water partition coefficient (Wildman–Crippen LogP) is 1.16. The minimum Gasteiger partial charge on any atom is -0.305 e. The highest BCUT2D eigenvalue weighted by Crippen LogP contribution is 2.33. The first-order chi connectivity index (χ1) is 8.06. The van der Waals surface area contributed by atoms with Crippen LogP contribution < -0.4 is 0 Å². The van der Waals surface area contributed by atoms with Gasteiger partial charge >= 0.3 is 11.8 Å². The number of hydrogen-bond donors (Lipinski definition) is 0. The lowest BCUT2D eigenvalue weighted by molar-refractivity contribution is -0.679. The van der Waals surface area contributed by atoms with Crippen LogP contribution in [0.4, 0.5) is 0 Å². The van der Waals surface area contributed by atoms with Crippen molar-refractivity contribution in [3.63, 3.8) is 0 Å². The van der Waals surface area contributed by atoms with Gasteiger partial charge in [0.1, 0.15) is 0 Å². The molecular formula is C10H12N2O5. The smallest absolute Gasteiger partial charge is 0.305 e. The molecule has 7 nitrogen and oxygen atoms in total. The third kappa shape index (κ3) is 2.19. The molecular weight excluding hydrogens is 228 g/mol. The zero-order chi connectivity index (χ0) is 12.5. The molecule has 0 aromatic rings. The summed E-state index contributed by atoms with van der Waals surface area (Å²) in [5.41, 5.74) is -2.05. The molecule has 0 radical (unpaired) electrons. The van der Waals surface area contributed by atoms with Gasteiger partial charge in [0.2, 0.25) is 0 Å². The van der Waals surface area contributed by atoms with E-state index in [4.69, 9.17) is 4.74 Å². The summed E-state index contributed by atoms with van der Waals surface area (Å²) in [5, 5.41) is 22.0. The monoisotopic (exact) mass is 240 g/mol. The molecule has 1 fully saturated rings. The molecule has 0 N–H and O–H groups in total. The third-order valence-corrected chi connectivity index (χ3v) is 2.92. The Morgan fingerprint density at radius 2 is 2.00 bits per heavy atom. The van der Waals surface area contributed by atoms with E-state index in [9.17, 15) is 20.2 Å². The molecule has 0 aromatic heterocycles. The zero-order valence-corrected chi connectivity index (χ0v) is 9.02. The maximum absolute atomic E-state index is 11.1. The van der Waals surface area contributed by atoms with Crippen molar-refractivity contribution in [3.05, 3.63) is 44.5 Å². The van der Waals surface area contributed by atoms with Crippen LogP contribution in [0.25, 0.3) is 0 Å². The number of allylic oxidation sites excluding steroid dienone is 2. The molecule has 0 saturated heterocycles. The molecule has 0 heterocycles. The van der Waals surface area contributed by atoms with Crippen molar-refractivity contribution in [2.75, 3.05) is 6.61 Å². The van der Waals surface area contributed by atoms with Crippen molar-refractivity contribution >= 4 is 0 Å². The lowest BCUT2D eigenvalue weighted by Gasteiger charge is -2.24. The Balaban J connectivity index is 2.22. The molecule has 2 atom stereocenters. The average molecular weight is 240 g/mol. The van der Waals surface area contributed by atoms with E-state index in [0.29, 0.717) is 5.92 Å². The van der Waals surface area contributed by atoms with Gasteiger partial charge in [-0.25, -0.2) is 0 Å². The van der Waals surface area contributed by atoms with Gasteiger partial charge in [-0.05, 0) is 24.8 Å². The van der Waals surface area contributed by atoms with Gasteiger partial charge in [-0.15, -0.1) is 0 Å². The van der Waals surface area contributed by atoms with Gasteiger partial charge in [-0.3, -0.25) is 20.2 Å². The quantitative estimate of drug-likeness (QED) is 0.408. The molecule has 1 saturated carbocycles. The van der Waals surface area contributed by atoms with Crippen LogP contribution in [0.3, 0.4) is 0 Å². The maximum Gasteiger partial charge on any atom is 0.415 e. The number of rotatable bonds is 5. The molecule has 2 aliphatic carbocycles. The minimum absolute atomic E-state index is 0.198. The van der Waals surface area contributed by atoms with Gasteiger partial charge in [0, 0.05) is 11.0 Å². The Morgan fingerprint density at radius 3 is 2.53 bits per heavy atom. The van der Waals surface area contributed by atoms with E-state index < -0.39 is 21.6 Å². The fraction of sp³-hybridized carbons (Fsp3) is 0.600. The molecule has 2 aliphatic rings. The van der Waals surface area contributed by atoms with Gasteiger partial charge in [0.25, 0.3) is 0 Å². The third-order valence-electron chi connectivity index (χ3n) is 2.92. The summed E-state index contributed by atoms with van der Waals surface area (Å²) >= 11 is 0. The number of ether oxygens (including phenoxy) is 1. The lowest BCUT2D eigenvalue weighted by atomic mass is 9.99. The largest absolute Gasteiger partial charge is 0.415 e. The van der Waals surface area contributed by atoms with Gasteiger partial charge in [0.05, 0.1) is 11.5 Å². The Morgan fingerprint density at radius 1 is 1.29 bits per heavy atom. The SMILES string of the molecule is O=[N+]([O-])C1C=CC=CC1(OCC1CC1)[N+](=O)[O-]. The second-order valence-corrected chi connectivity index (χ2v) is 4.24. The zero-order valence-electron chi connectivity index (χ0n) is 9.02. The fourth-order valence-corrected chi connectivity index (χ4v) is 1.71. The Labute approximate surface area is 97.1 Å². The molecule has 7 heteroatoms. The highest BCUT2D eigenvalue weighted by atomic mass is 16.7. The summed E-state index contributed by atoms with van der Waals surface area (Å²) in [7, 11) is 0. The van der Waals surface area contributed by atoms with Gasteiger partial charge in [-0.2, -0.15) is 0 Å². The minimum atomic E-state index is -2.05. The first-order valence-electron chi connectivity index (χ1n) is 5.34. The van der Waals surface area contributed by atoms with Crippen LogP contribution in [0.2, 0.25) is 0 Å². The molecule has 2 rings (SSSR count). The lowest BCUT2D eigenvalue weighted by Crippen LogP contribution is -2.53. The second kappa shape index (κ2) is 4.25. The topological polar surface area (TPSA) is 95.5 Å². The molecule has 0 bridgehead atoms. The van der Waals surface area contributed by atoms with Crippen molar-refractivity contribution in [2.24, 2.45) is 5.92 Å². The molecule has 92 valence electrons. The average Bonchev–Trinajstić information content (AvgIpc) is 3.10. The van der Waals surface area contributed by atoms with Crippen molar-refractivity contribution < 1.29 is 14.6 Å². The molecule has 17 heavy (non-hydrogen) atoms. The van der Waals surface area contributed by atoms with Crippen LogP contribution in [0.15, 0.2) is 24.3 Å². The van der Waals surface area contributed by atoms with Crippen molar-refractivity contribution in [1.82, 2.24) is 0 Å². The van der Waals surface area contributed by atoms with E-state index >= 15 is 0 Å². The molecule has 0 aromatic carbocycles. The summed E-state index contributed by atoms with van der Waals surface area (Å²) in [5.74, 6) is 0.304. The van der Waals surface area contributed by atoms with Crippen LogP contribution in [0, 0.1) is 26.1 Å². The molecule has 2 unspecified atom stereocenters. The maximum atomic E-state index is 11.1. The van der Waals surface area contributed by atoms with Crippen LogP contribution in [-0.4, -0.2) is 28.2 Å². The number of nitrogens with zero attached hydrogens (tertiary/aromatic N) is 2. The Kier molecular flexibility index (Phi) is 2.93. The van der Waals surface area contributed by atoms with Gasteiger partial charge in [-0.1, -0.05) is 12.2 Å². The van der Waals surface area contributed by atoms with Gasteiger partial charge < -0.3 is 4.74 Å². The van der Waals surface area contributed by atoms with E-state index in [1.165, 1.54) is 18.2 Å². The number of hydrogen-bond acceptors (Lipinski definition) is 5. The van der Waals surface area contributed by atoms with E-state index in [0.717, 1.165) is 18.9 Å². The Hall–Kier alpha value is -1.76. The summed E-state index contributed by atoms with van der Waals surface area (Å²) in [6, 6.07) is -1.47. The summed E-state index contributed by atoms with van der Waals surface area (Å²) in [4.78, 5) is 20.6. The summed E-state index contributed by atoms with van der Waals surface area (Å²) in [6.07, 6.45) is 7.12. The van der Waals surface area contributed by atoms with E-state index in [2.05, 4.69) is 0 Å². The van der Waals surface area contributed by atoms with Gasteiger partial charge in [0.15, 0.2) is 0 Å². The Bertz CT molecular complexity index is 402. The predicted molar refractivity (Wildman–Crippen MR) is 57.5 cm³/mol. The van der Waals surface area contributed by atoms with Crippen LogP contribution in [0.5, 0.6) is 0 Å². The van der Waals surface area contributed by atoms with Crippen LogP contribution >= 0.6 is 0 Å². The highest BCUT2D eigenvalue weighted by Gasteiger charge is 2.58. The molecule has 0 amide bonds. The van der Waals surface area contributed by atoms with Crippen molar-refractivity contribution in [1.29, 1.82) is 0 Å². The van der Waals surface area contributed by atoms with Crippen LogP contribution in [-0.2, 0) is 4.74 Å². The van der Waals surface area contributed by atoms with Crippen LogP contribution in [0.1, 0.15) is 12.8 Å². The van der Waals surface area contributed by atoms with E-state index in [1.54, 1.807) is 0 Å². The van der Waals surface area contributed by atoms with E-state index in [-0.39, 0.29) is 6.61 Å². The summed E-state index contributed by atoms with van der Waals surface area (Å²) in [6.45, 7) is 0.198. The first-order valence-corrected chi connectivity index (χ1v) is 5.34. The second-order valence-electron chi connectivity index (χ2n) is 4.24. The number of nitro groups is 2. The van der Waals surface area contributed by atoms with E-state index in [1.807, 2.05) is 0 Å². The van der Waals surface area contributed by atoms with Crippen molar-refractivity contribution in [3.8, 4) is 0 Å². The highest BCUT2D eigenvalue weighted by molar-refractivity contribution is 5.20. The first kappa shape index (κ1) is 11.7. The standard InChI is InChI=1S/C10H12N2O5/c13-11(14)9-3-1-2-6-10(9,12(15)16)17-7-8-4-5-8/h1-3,6,8-9H,4-5,7H2. The molecule has 0 spiro atoms. The molecule has 0 aliphatic heterocycles. The van der Waals surface area contributed by atoms with Crippen molar-refractivity contribution in [2.45, 2.75) is 24.6 Å². The normalized spacial score (nSPS) is 31.4. The fourth-order valence-electron chi connectivity index (χ4n) is 1.71.